The average molecular weight is 441 g/mol. The highest BCUT2D eigenvalue weighted by Gasteiger charge is 2.26. The number of nitrogens with zero attached hydrogens (tertiary/aromatic N) is 3. The minimum Gasteiger partial charge on any atom is -0.444 e. The van der Waals surface area contributed by atoms with Gasteiger partial charge in [-0.15, -0.1) is 0 Å². The maximum absolute atomic E-state index is 13.0. The largest absolute Gasteiger partial charge is 0.444 e. The third-order valence-corrected chi connectivity index (χ3v) is 3.76. The van der Waals surface area contributed by atoms with Gasteiger partial charge in [0.05, 0.1) is 18.4 Å². The third-order valence-electron chi connectivity index (χ3n) is 3.76. The second-order valence-corrected chi connectivity index (χ2v) is 9.53. The van der Waals surface area contributed by atoms with Crippen molar-refractivity contribution in [1.82, 2.24) is 14.5 Å². The SMILES string of the molecule is CN(C)CC#Cc1ccc(-c2cnc(NC(=O)OC(C)(C)C)n2C(=O)OC(C)(C)C)cc1. The monoisotopic (exact) mass is 440 g/mol. The van der Waals surface area contributed by atoms with Crippen LogP contribution in [0.25, 0.3) is 11.3 Å². The van der Waals surface area contributed by atoms with Crippen LogP contribution in [0.1, 0.15) is 47.1 Å². The van der Waals surface area contributed by atoms with Gasteiger partial charge in [-0.2, -0.15) is 0 Å². The number of hydrogen-bond donors (Lipinski definition) is 1. The molecule has 0 saturated carbocycles. The number of rotatable bonds is 3. The van der Waals surface area contributed by atoms with Gasteiger partial charge in [0.25, 0.3) is 0 Å². The molecule has 0 saturated heterocycles. The molecule has 0 spiro atoms. The van der Waals surface area contributed by atoms with Crippen molar-refractivity contribution in [2.75, 3.05) is 26.0 Å². The van der Waals surface area contributed by atoms with Crippen molar-refractivity contribution in [2.45, 2.75) is 52.7 Å². The van der Waals surface area contributed by atoms with E-state index in [4.69, 9.17) is 9.47 Å². The first-order valence-corrected chi connectivity index (χ1v) is 10.3. The Morgan fingerprint density at radius 3 is 2.16 bits per heavy atom. The van der Waals surface area contributed by atoms with E-state index in [9.17, 15) is 9.59 Å². The summed E-state index contributed by atoms with van der Waals surface area (Å²) in [6, 6.07) is 7.42. The minimum absolute atomic E-state index is 0.0124. The molecule has 2 rings (SSSR count). The zero-order chi connectivity index (χ0) is 24.1. The van der Waals surface area contributed by atoms with E-state index < -0.39 is 23.4 Å². The van der Waals surface area contributed by atoms with Crippen molar-refractivity contribution in [2.24, 2.45) is 0 Å². The Kier molecular flexibility index (Phi) is 7.70. The van der Waals surface area contributed by atoms with E-state index in [0.717, 1.165) is 11.1 Å². The number of benzene rings is 1. The highest BCUT2D eigenvalue weighted by molar-refractivity contribution is 5.89. The molecule has 8 heteroatoms. The van der Waals surface area contributed by atoms with E-state index in [-0.39, 0.29) is 5.95 Å². The van der Waals surface area contributed by atoms with Crippen molar-refractivity contribution in [3.63, 3.8) is 0 Å². The summed E-state index contributed by atoms with van der Waals surface area (Å²) in [6.45, 7) is 11.2. The smallest absolute Gasteiger partial charge is 0.421 e. The molecular weight excluding hydrogens is 408 g/mol. The molecular formula is C24H32N4O4. The Labute approximate surface area is 189 Å². The van der Waals surface area contributed by atoms with Crippen molar-refractivity contribution >= 4 is 18.1 Å². The van der Waals surface area contributed by atoms with E-state index >= 15 is 0 Å². The number of carbonyl (C=O) groups excluding carboxylic acids is 2. The molecule has 2 aromatic rings. The quantitative estimate of drug-likeness (QED) is 0.703. The van der Waals surface area contributed by atoms with Crippen LogP contribution in [0.3, 0.4) is 0 Å². The maximum atomic E-state index is 13.0. The van der Waals surface area contributed by atoms with Crippen molar-refractivity contribution in [3.8, 4) is 23.1 Å². The lowest BCUT2D eigenvalue weighted by Gasteiger charge is -2.22. The van der Waals surface area contributed by atoms with Gasteiger partial charge in [0.15, 0.2) is 0 Å². The van der Waals surface area contributed by atoms with Crippen molar-refractivity contribution in [1.29, 1.82) is 0 Å². The van der Waals surface area contributed by atoms with Crippen LogP contribution < -0.4 is 5.32 Å². The standard InChI is InChI=1S/C24H32N4O4/c1-23(2,3)31-21(29)26-20-25-16-19(28(20)22(30)32-24(4,5)6)18-13-11-17(12-14-18)10-9-15-27(7)8/h11-14,16H,15H2,1-8H3,(H,25,26,29). The van der Waals surface area contributed by atoms with E-state index in [1.54, 1.807) is 41.5 Å². The van der Waals surface area contributed by atoms with Gasteiger partial charge in [-0.3, -0.25) is 10.2 Å². The van der Waals surface area contributed by atoms with Gasteiger partial charge in [-0.05, 0) is 67.8 Å². The number of nitrogens with one attached hydrogen (secondary N) is 1. The van der Waals surface area contributed by atoms with E-state index in [1.807, 2.05) is 43.3 Å². The molecule has 1 aromatic heterocycles. The Balaban J connectivity index is 2.39. The molecule has 1 heterocycles. The van der Waals surface area contributed by atoms with Gasteiger partial charge >= 0.3 is 12.2 Å². The fourth-order valence-electron chi connectivity index (χ4n) is 2.55. The number of anilines is 1. The third kappa shape index (κ3) is 7.75. The van der Waals surface area contributed by atoms with Crippen molar-refractivity contribution in [3.05, 3.63) is 36.0 Å². The topological polar surface area (TPSA) is 85.7 Å². The molecule has 172 valence electrons. The van der Waals surface area contributed by atoms with Crippen LogP contribution in [0.4, 0.5) is 15.5 Å². The summed E-state index contributed by atoms with van der Waals surface area (Å²) in [7, 11) is 3.91. The number of amides is 1. The summed E-state index contributed by atoms with van der Waals surface area (Å²) in [5.74, 6) is 6.19. The molecule has 1 aromatic carbocycles. The summed E-state index contributed by atoms with van der Waals surface area (Å²) in [6.07, 6.45) is 0.125. The molecule has 0 radical (unpaired) electrons. The highest BCUT2D eigenvalue weighted by Crippen LogP contribution is 2.25. The van der Waals surface area contributed by atoms with Crippen LogP contribution >= 0.6 is 0 Å². The van der Waals surface area contributed by atoms with Gasteiger partial charge in [-0.25, -0.2) is 19.1 Å². The summed E-state index contributed by atoms with van der Waals surface area (Å²) in [5, 5.41) is 2.54. The molecule has 0 aliphatic rings. The molecule has 1 amide bonds. The predicted octanol–water partition coefficient (Wildman–Crippen LogP) is 4.59. The first-order chi connectivity index (χ1) is 14.7. The molecule has 8 nitrogen and oxygen atoms in total. The Morgan fingerprint density at radius 2 is 1.62 bits per heavy atom. The van der Waals surface area contributed by atoms with Crippen LogP contribution in [0, 0.1) is 11.8 Å². The maximum Gasteiger partial charge on any atom is 0.421 e. The van der Waals surface area contributed by atoms with Crippen LogP contribution in [-0.4, -0.2) is 58.5 Å². The lowest BCUT2D eigenvalue weighted by atomic mass is 10.1. The number of hydrogen-bond acceptors (Lipinski definition) is 6. The van der Waals surface area contributed by atoms with E-state index in [1.165, 1.54) is 10.8 Å². The highest BCUT2D eigenvalue weighted by atomic mass is 16.6. The van der Waals surface area contributed by atoms with Crippen LogP contribution in [-0.2, 0) is 9.47 Å². The molecule has 0 atom stereocenters. The number of ether oxygens (including phenoxy) is 2. The van der Waals surface area contributed by atoms with Crippen LogP contribution in [0.5, 0.6) is 0 Å². The lowest BCUT2D eigenvalue weighted by molar-refractivity contribution is 0.0542. The number of aromatic nitrogens is 2. The van der Waals surface area contributed by atoms with Gasteiger partial charge in [0, 0.05) is 11.1 Å². The second kappa shape index (κ2) is 9.88. The molecule has 0 bridgehead atoms. The zero-order valence-corrected chi connectivity index (χ0v) is 20.1. The Bertz CT molecular complexity index is 1010. The van der Waals surface area contributed by atoms with Gasteiger partial charge in [0.2, 0.25) is 5.95 Å². The molecule has 0 aliphatic heterocycles. The average Bonchev–Trinajstić information content (AvgIpc) is 3.02. The Hall–Kier alpha value is -3.31. The number of imidazole rings is 1. The fourth-order valence-corrected chi connectivity index (χ4v) is 2.55. The molecule has 1 N–H and O–H groups in total. The van der Waals surface area contributed by atoms with Gasteiger partial charge in [-0.1, -0.05) is 24.0 Å². The normalized spacial score (nSPS) is 11.5. The van der Waals surface area contributed by atoms with E-state index in [0.29, 0.717) is 12.2 Å². The predicted molar refractivity (Wildman–Crippen MR) is 125 cm³/mol. The second-order valence-electron chi connectivity index (χ2n) is 9.53. The van der Waals surface area contributed by atoms with Crippen LogP contribution in [0.15, 0.2) is 30.5 Å². The molecule has 0 unspecified atom stereocenters. The Morgan fingerprint density at radius 1 is 1.03 bits per heavy atom. The summed E-state index contributed by atoms with van der Waals surface area (Å²) < 4.78 is 12.0. The molecule has 0 fully saturated rings. The molecule has 32 heavy (non-hydrogen) atoms. The van der Waals surface area contributed by atoms with Gasteiger partial charge < -0.3 is 9.47 Å². The first kappa shape index (κ1) is 25.0. The first-order valence-electron chi connectivity index (χ1n) is 10.3. The van der Waals surface area contributed by atoms with Crippen molar-refractivity contribution < 1.29 is 19.1 Å². The summed E-state index contributed by atoms with van der Waals surface area (Å²) >= 11 is 0. The van der Waals surface area contributed by atoms with E-state index in [2.05, 4.69) is 22.1 Å². The lowest BCUT2D eigenvalue weighted by Crippen LogP contribution is -2.31. The van der Waals surface area contributed by atoms with Crippen LogP contribution in [0.2, 0.25) is 0 Å². The molecule has 0 aliphatic carbocycles. The summed E-state index contributed by atoms with van der Waals surface area (Å²) in [4.78, 5) is 31.4. The zero-order valence-electron chi connectivity index (χ0n) is 20.1. The van der Waals surface area contributed by atoms with Gasteiger partial charge in [0.1, 0.15) is 11.2 Å². The minimum atomic E-state index is -0.728. The fraction of sp³-hybridized carbons (Fsp3) is 0.458. The summed E-state index contributed by atoms with van der Waals surface area (Å²) in [5.41, 5.74) is 0.621. The number of carbonyl (C=O) groups is 2.